The Morgan fingerprint density at radius 3 is 2.21 bits per heavy atom. The molecular weight excluding hydrogens is 468 g/mol. The molecule has 1 fully saturated rings. The van der Waals surface area contributed by atoms with Gasteiger partial charge in [0, 0.05) is 5.56 Å². The summed E-state index contributed by atoms with van der Waals surface area (Å²) < 4.78 is 0. The Balaban J connectivity index is 1.39. The molecule has 1 aliphatic rings. The van der Waals surface area contributed by atoms with Crippen LogP contribution >= 0.6 is 0 Å². The number of carbonyl (C=O) groups is 2. The summed E-state index contributed by atoms with van der Waals surface area (Å²) in [5, 5.41) is 9.26. The van der Waals surface area contributed by atoms with E-state index in [1.807, 2.05) is 72.8 Å². The fourth-order valence-corrected chi connectivity index (χ4v) is 4.91. The van der Waals surface area contributed by atoms with Crippen molar-refractivity contribution in [2.24, 2.45) is 5.92 Å². The van der Waals surface area contributed by atoms with E-state index >= 15 is 0 Å². The average Bonchev–Trinajstić information content (AvgIpc) is 2.98. The number of hydrogen-bond donors (Lipinski definition) is 0. The summed E-state index contributed by atoms with van der Waals surface area (Å²) >= 11 is 0. The van der Waals surface area contributed by atoms with Gasteiger partial charge >= 0.3 is 0 Å². The fourth-order valence-electron chi connectivity index (χ4n) is 4.91. The van der Waals surface area contributed by atoms with E-state index in [4.69, 9.17) is 0 Å². The van der Waals surface area contributed by atoms with E-state index < -0.39 is 0 Å². The predicted octanol–water partition coefficient (Wildman–Crippen LogP) is 6.71. The normalized spacial score (nSPS) is 16.7. The molecular formula is C34H28N2O2. The van der Waals surface area contributed by atoms with E-state index in [1.54, 1.807) is 18.2 Å². The number of imide groups is 1. The molecule has 5 rings (SSSR count). The highest BCUT2D eigenvalue weighted by Gasteiger charge is 2.49. The van der Waals surface area contributed by atoms with Crippen LogP contribution in [0.1, 0.15) is 39.5 Å². The Kier molecular flexibility index (Phi) is 7.28. The van der Waals surface area contributed by atoms with E-state index in [1.165, 1.54) is 10.5 Å². The first-order valence-corrected chi connectivity index (χ1v) is 12.9. The van der Waals surface area contributed by atoms with Crippen LogP contribution in [0.25, 0.3) is 17.2 Å². The number of rotatable bonds is 7. The molecule has 0 saturated carbocycles. The molecule has 0 spiro atoms. The third-order valence-electron chi connectivity index (χ3n) is 7.11. The maximum Gasteiger partial charge on any atom is 0.261 e. The zero-order valence-corrected chi connectivity index (χ0v) is 21.2. The number of nitriles is 1. The van der Waals surface area contributed by atoms with Crippen molar-refractivity contribution in [2.45, 2.75) is 25.8 Å². The van der Waals surface area contributed by atoms with Crippen LogP contribution in [0, 0.1) is 17.2 Å². The van der Waals surface area contributed by atoms with Gasteiger partial charge in [-0.3, -0.25) is 14.5 Å². The number of amides is 2. The zero-order chi connectivity index (χ0) is 26.5. The highest BCUT2D eigenvalue weighted by atomic mass is 16.2. The van der Waals surface area contributed by atoms with Gasteiger partial charge < -0.3 is 0 Å². The minimum atomic E-state index is -0.373. The maximum absolute atomic E-state index is 13.5. The highest BCUT2D eigenvalue weighted by Crippen LogP contribution is 2.34. The lowest BCUT2D eigenvalue weighted by Crippen LogP contribution is -2.62. The largest absolute Gasteiger partial charge is 0.274 e. The molecule has 38 heavy (non-hydrogen) atoms. The van der Waals surface area contributed by atoms with Crippen molar-refractivity contribution < 1.29 is 9.59 Å². The van der Waals surface area contributed by atoms with Crippen LogP contribution in [0.2, 0.25) is 0 Å². The number of hydrogen-bond acceptors (Lipinski definition) is 3. The minimum Gasteiger partial charge on any atom is -0.274 e. The second-order valence-corrected chi connectivity index (χ2v) is 9.52. The lowest BCUT2D eigenvalue weighted by Gasteiger charge is -2.44. The van der Waals surface area contributed by atoms with E-state index in [-0.39, 0.29) is 23.8 Å². The van der Waals surface area contributed by atoms with Gasteiger partial charge in [0.1, 0.15) is 0 Å². The third kappa shape index (κ3) is 5.19. The van der Waals surface area contributed by atoms with Crippen molar-refractivity contribution in [1.29, 1.82) is 5.26 Å². The van der Waals surface area contributed by atoms with E-state index in [9.17, 15) is 14.9 Å². The second-order valence-electron chi connectivity index (χ2n) is 9.52. The summed E-state index contributed by atoms with van der Waals surface area (Å²) in [5.41, 5.74) is 6.34. The highest BCUT2D eigenvalue weighted by molar-refractivity contribution is 6.10. The van der Waals surface area contributed by atoms with Gasteiger partial charge in [0.25, 0.3) is 5.91 Å². The quantitative estimate of drug-likeness (QED) is 0.211. The lowest BCUT2D eigenvalue weighted by atomic mass is 9.81. The molecule has 0 aliphatic carbocycles. The molecule has 1 saturated heterocycles. The lowest BCUT2D eigenvalue weighted by molar-refractivity contribution is -0.147. The fraction of sp³-hybridized carbons (Fsp3) is 0.147. The SMILES string of the molecule is CCc1ccc(-c2ccc(C(=O)N3C(=O)[C@H](Cc4cccc(C#N)c4)[C@H]3/C=C/c3ccccc3)cc2)cc1. The first kappa shape index (κ1) is 24.9. The van der Waals surface area contributed by atoms with Crippen LogP contribution in [0.3, 0.4) is 0 Å². The molecule has 0 unspecified atom stereocenters. The van der Waals surface area contributed by atoms with Crippen LogP contribution in [-0.4, -0.2) is 22.8 Å². The average molecular weight is 497 g/mol. The van der Waals surface area contributed by atoms with E-state index in [0.717, 1.165) is 28.7 Å². The number of carbonyl (C=O) groups excluding carboxylic acids is 2. The monoisotopic (exact) mass is 496 g/mol. The number of benzene rings is 4. The first-order chi connectivity index (χ1) is 18.6. The predicted molar refractivity (Wildman–Crippen MR) is 150 cm³/mol. The molecule has 0 bridgehead atoms. The van der Waals surface area contributed by atoms with E-state index in [0.29, 0.717) is 17.5 Å². The zero-order valence-electron chi connectivity index (χ0n) is 21.2. The van der Waals surface area contributed by atoms with Gasteiger partial charge in [0.05, 0.1) is 23.6 Å². The van der Waals surface area contributed by atoms with Crippen molar-refractivity contribution in [1.82, 2.24) is 4.90 Å². The Morgan fingerprint density at radius 2 is 1.55 bits per heavy atom. The Labute approximate surface area is 223 Å². The standard InChI is InChI=1S/C34H28N2O2/c1-2-24-11-14-28(15-12-24)29-16-18-30(19-17-29)33(37)36-32(20-13-25-7-4-3-5-8-25)31(34(36)38)22-26-9-6-10-27(21-26)23-35/h3-21,31-32H,2,22H2,1H3/b20-13+/t31-,32-/m1/s1. The Hall–Kier alpha value is -4.75. The molecule has 186 valence electrons. The molecule has 4 aromatic rings. The molecule has 2 atom stereocenters. The molecule has 4 heteroatoms. The summed E-state index contributed by atoms with van der Waals surface area (Å²) in [4.78, 5) is 28.2. The molecule has 1 heterocycles. The van der Waals surface area contributed by atoms with E-state index in [2.05, 4.69) is 37.3 Å². The molecule has 4 aromatic carbocycles. The van der Waals surface area contributed by atoms with Crippen LogP contribution in [0.4, 0.5) is 0 Å². The van der Waals surface area contributed by atoms with Gasteiger partial charge in [-0.2, -0.15) is 5.26 Å². The van der Waals surface area contributed by atoms with Gasteiger partial charge in [0.2, 0.25) is 5.91 Å². The maximum atomic E-state index is 13.5. The summed E-state index contributed by atoms with van der Waals surface area (Å²) in [7, 11) is 0. The Morgan fingerprint density at radius 1 is 0.868 bits per heavy atom. The van der Waals surface area contributed by atoms with Crippen molar-refractivity contribution in [2.75, 3.05) is 0 Å². The Bertz CT molecular complexity index is 1510. The number of nitrogens with zero attached hydrogens (tertiary/aromatic N) is 2. The molecule has 4 nitrogen and oxygen atoms in total. The molecule has 1 aliphatic heterocycles. The second kappa shape index (κ2) is 11.1. The third-order valence-corrected chi connectivity index (χ3v) is 7.11. The molecule has 0 N–H and O–H groups in total. The summed E-state index contributed by atoms with van der Waals surface area (Å²) in [6, 6.07) is 34.8. The van der Waals surface area contributed by atoms with Crippen LogP contribution in [0.15, 0.2) is 109 Å². The first-order valence-electron chi connectivity index (χ1n) is 12.9. The van der Waals surface area contributed by atoms with Crippen molar-refractivity contribution in [3.8, 4) is 17.2 Å². The molecule has 2 amide bonds. The van der Waals surface area contributed by atoms with Gasteiger partial charge in [0.15, 0.2) is 0 Å². The van der Waals surface area contributed by atoms with Crippen LogP contribution in [0.5, 0.6) is 0 Å². The van der Waals surface area contributed by atoms with Crippen LogP contribution in [-0.2, 0) is 17.6 Å². The minimum absolute atomic E-state index is 0.195. The van der Waals surface area contributed by atoms with Gasteiger partial charge in [-0.05, 0) is 64.9 Å². The summed E-state index contributed by atoms with van der Waals surface area (Å²) in [5.74, 6) is -0.865. The van der Waals surface area contributed by atoms with Crippen molar-refractivity contribution in [3.05, 3.63) is 137 Å². The molecule has 0 radical (unpaired) electrons. The number of likely N-dealkylation sites (tertiary alicyclic amines) is 1. The van der Waals surface area contributed by atoms with Gasteiger partial charge in [-0.1, -0.05) is 97.9 Å². The van der Waals surface area contributed by atoms with Gasteiger partial charge in [-0.15, -0.1) is 0 Å². The summed E-state index contributed by atoms with van der Waals surface area (Å²) in [6.45, 7) is 2.13. The van der Waals surface area contributed by atoms with Gasteiger partial charge in [-0.25, -0.2) is 0 Å². The van der Waals surface area contributed by atoms with Crippen molar-refractivity contribution in [3.63, 3.8) is 0 Å². The van der Waals surface area contributed by atoms with Crippen molar-refractivity contribution >= 4 is 17.9 Å². The molecule has 0 aromatic heterocycles. The smallest absolute Gasteiger partial charge is 0.261 e. The topological polar surface area (TPSA) is 61.2 Å². The van der Waals surface area contributed by atoms with Crippen LogP contribution < -0.4 is 0 Å². The number of aryl methyl sites for hydroxylation is 1. The number of β-lactam (4-membered cyclic amide) rings is 1. The summed E-state index contributed by atoms with van der Waals surface area (Å²) in [6.07, 6.45) is 5.35.